The number of imidazole rings is 1. The molecule has 1 saturated heterocycles. The Kier molecular flexibility index (Phi) is 6.86. The van der Waals surface area contributed by atoms with E-state index in [-0.39, 0.29) is 12.5 Å². The zero-order valence-electron chi connectivity index (χ0n) is 20.9. The number of fused-ring (bicyclic) bond motifs is 3. The lowest BCUT2D eigenvalue weighted by Gasteiger charge is -2.36. The van der Waals surface area contributed by atoms with E-state index in [1.807, 2.05) is 22.9 Å². The van der Waals surface area contributed by atoms with E-state index in [2.05, 4.69) is 40.2 Å². The number of aliphatic hydroxyl groups excluding tert-OH is 2. The van der Waals surface area contributed by atoms with E-state index >= 15 is 0 Å². The zero-order chi connectivity index (χ0) is 27.1. The predicted octanol–water partition coefficient (Wildman–Crippen LogP) is 4.66. The van der Waals surface area contributed by atoms with Crippen molar-refractivity contribution < 1.29 is 15.0 Å². The smallest absolute Gasteiger partial charge is 0.248 e. The van der Waals surface area contributed by atoms with Crippen molar-refractivity contribution in [2.45, 2.75) is 6.61 Å². The molecule has 2 N–H and O–H groups in total. The molecule has 4 heterocycles. The van der Waals surface area contributed by atoms with E-state index in [0.717, 1.165) is 27.7 Å². The van der Waals surface area contributed by atoms with Gasteiger partial charge in [0.15, 0.2) is 0 Å². The Bertz CT molecular complexity index is 1680. The fraction of sp³-hybridized carbons (Fsp3) is 0.207. The van der Waals surface area contributed by atoms with Crippen LogP contribution < -0.4 is 4.90 Å². The summed E-state index contributed by atoms with van der Waals surface area (Å²) in [6, 6.07) is 17.5. The molecule has 5 aromatic rings. The van der Waals surface area contributed by atoms with Gasteiger partial charge in [0.25, 0.3) is 0 Å². The number of anilines is 1. The van der Waals surface area contributed by atoms with Gasteiger partial charge in [-0.15, -0.1) is 0 Å². The van der Waals surface area contributed by atoms with Gasteiger partial charge in [-0.2, -0.15) is 0 Å². The molecule has 0 spiro atoms. The Balaban J connectivity index is 1.35. The highest BCUT2D eigenvalue weighted by Crippen LogP contribution is 2.38. The fourth-order valence-electron chi connectivity index (χ4n) is 5.16. The van der Waals surface area contributed by atoms with Crippen LogP contribution in [0, 0.1) is 0 Å². The lowest BCUT2D eigenvalue weighted by molar-refractivity contribution is -0.134. The molecule has 0 unspecified atom stereocenters. The van der Waals surface area contributed by atoms with Gasteiger partial charge in [-0.3, -0.25) is 9.78 Å². The number of hydrogen-bond donors (Lipinski definition) is 2. The van der Waals surface area contributed by atoms with Crippen LogP contribution in [0.3, 0.4) is 0 Å². The van der Waals surface area contributed by atoms with Crippen LogP contribution in [0.15, 0.2) is 67.0 Å². The average molecular weight is 562 g/mol. The molecule has 0 radical (unpaired) electrons. The first-order valence-corrected chi connectivity index (χ1v) is 13.3. The van der Waals surface area contributed by atoms with Crippen molar-refractivity contribution in [1.29, 1.82) is 0 Å². The lowest BCUT2D eigenvalue weighted by atomic mass is 10.1. The number of carbonyl (C=O) groups is 1. The van der Waals surface area contributed by atoms with Gasteiger partial charge >= 0.3 is 0 Å². The SMILES string of the molecule is O=C(CO)N1CCN(c2ccc(-c3cnc4ccn5c(CO)c(-c6c(Cl)cccc6Cl)nc5c4c3)cc2)CC1. The van der Waals surface area contributed by atoms with Crippen molar-refractivity contribution in [3.63, 3.8) is 0 Å². The van der Waals surface area contributed by atoms with Crippen LogP contribution in [0.25, 0.3) is 38.9 Å². The number of halogens is 2. The van der Waals surface area contributed by atoms with Gasteiger partial charge in [-0.25, -0.2) is 4.98 Å². The summed E-state index contributed by atoms with van der Waals surface area (Å²) in [7, 11) is 0. The molecule has 8 nitrogen and oxygen atoms in total. The Morgan fingerprint density at radius 3 is 2.31 bits per heavy atom. The number of carbonyl (C=O) groups excluding carboxylic acids is 1. The van der Waals surface area contributed by atoms with Crippen LogP contribution in [-0.4, -0.2) is 68.2 Å². The second-order valence-electron chi connectivity index (χ2n) is 9.40. The number of pyridine rings is 2. The molecule has 0 saturated carbocycles. The first-order chi connectivity index (χ1) is 19.0. The van der Waals surface area contributed by atoms with Crippen molar-refractivity contribution in [1.82, 2.24) is 19.3 Å². The fourth-order valence-corrected chi connectivity index (χ4v) is 5.74. The first kappa shape index (κ1) is 25.6. The van der Waals surface area contributed by atoms with Crippen molar-refractivity contribution in [3.8, 4) is 22.4 Å². The minimum absolute atomic E-state index is 0.228. The molecule has 0 bridgehead atoms. The quantitative estimate of drug-likeness (QED) is 0.324. The molecule has 1 aliphatic heterocycles. The topological polar surface area (TPSA) is 94.2 Å². The van der Waals surface area contributed by atoms with Crippen LogP contribution in [0.5, 0.6) is 0 Å². The summed E-state index contributed by atoms with van der Waals surface area (Å²) in [6.07, 6.45) is 3.69. The number of benzene rings is 2. The highest BCUT2D eigenvalue weighted by Gasteiger charge is 2.22. The maximum atomic E-state index is 11.7. The molecule has 1 amide bonds. The number of amides is 1. The summed E-state index contributed by atoms with van der Waals surface area (Å²) >= 11 is 13.0. The summed E-state index contributed by atoms with van der Waals surface area (Å²) in [5.74, 6) is -0.228. The van der Waals surface area contributed by atoms with Crippen molar-refractivity contribution in [2.75, 3.05) is 37.7 Å². The molecule has 2 aromatic carbocycles. The molecule has 39 heavy (non-hydrogen) atoms. The van der Waals surface area contributed by atoms with Crippen LogP contribution in [0.2, 0.25) is 10.0 Å². The Morgan fingerprint density at radius 2 is 1.64 bits per heavy atom. The Hall–Kier alpha value is -3.69. The van der Waals surface area contributed by atoms with Gasteiger partial charge in [0.1, 0.15) is 12.3 Å². The second kappa shape index (κ2) is 10.5. The molecule has 1 aliphatic rings. The first-order valence-electron chi connectivity index (χ1n) is 12.6. The summed E-state index contributed by atoms with van der Waals surface area (Å²) in [6.45, 7) is 1.92. The number of piperazine rings is 1. The molecule has 6 rings (SSSR count). The molecular weight excluding hydrogens is 537 g/mol. The monoisotopic (exact) mass is 561 g/mol. The summed E-state index contributed by atoms with van der Waals surface area (Å²) in [5.41, 5.74) is 6.18. The normalized spacial score (nSPS) is 13.9. The standard InChI is InChI=1S/C29H25Cl2N5O3/c30-22-2-1-3-23(31)27(22)28-25(16-37)36-9-8-24-21(29(36)33-28)14-19(15-32-24)18-4-6-20(7-5-18)34-10-12-35(13-11-34)26(39)17-38/h1-9,14-15,37-38H,10-13,16-17H2. The predicted molar refractivity (Wildman–Crippen MR) is 153 cm³/mol. The number of aliphatic hydroxyl groups is 2. The van der Waals surface area contributed by atoms with Crippen molar-refractivity contribution in [3.05, 3.63) is 82.7 Å². The van der Waals surface area contributed by atoms with Crippen molar-refractivity contribution in [2.24, 2.45) is 0 Å². The average Bonchev–Trinajstić information content (AvgIpc) is 3.35. The molecule has 0 atom stereocenters. The van der Waals surface area contributed by atoms with Crippen LogP contribution in [-0.2, 0) is 11.4 Å². The third-order valence-corrected chi connectivity index (χ3v) is 7.86. The van der Waals surface area contributed by atoms with Crippen LogP contribution >= 0.6 is 23.2 Å². The van der Waals surface area contributed by atoms with Crippen LogP contribution in [0.4, 0.5) is 5.69 Å². The zero-order valence-corrected chi connectivity index (χ0v) is 22.4. The molecule has 10 heteroatoms. The van der Waals surface area contributed by atoms with Gasteiger partial charge in [0, 0.05) is 60.8 Å². The minimum Gasteiger partial charge on any atom is -0.390 e. The maximum absolute atomic E-state index is 11.7. The van der Waals surface area contributed by atoms with Gasteiger partial charge in [-0.1, -0.05) is 41.4 Å². The van der Waals surface area contributed by atoms with Gasteiger partial charge in [0.2, 0.25) is 5.91 Å². The highest BCUT2D eigenvalue weighted by atomic mass is 35.5. The van der Waals surface area contributed by atoms with E-state index < -0.39 is 6.61 Å². The van der Waals surface area contributed by atoms with E-state index in [9.17, 15) is 9.90 Å². The van der Waals surface area contributed by atoms with E-state index in [1.165, 1.54) is 0 Å². The lowest BCUT2D eigenvalue weighted by Crippen LogP contribution is -2.49. The van der Waals surface area contributed by atoms with E-state index in [0.29, 0.717) is 58.8 Å². The minimum atomic E-state index is -0.448. The van der Waals surface area contributed by atoms with Gasteiger partial charge in [0.05, 0.1) is 33.6 Å². The van der Waals surface area contributed by atoms with Crippen molar-refractivity contribution >= 4 is 51.3 Å². The number of rotatable bonds is 5. The van der Waals surface area contributed by atoms with Crippen LogP contribution in [0.1, 0.15) is 5.69 Å². The van der Waals surface area contributed by atoms with E-state index in [1.54, 1.807) is 23.1 Å². The molecule has 1 fully saturated rings. The maximum Gasteiger partial charge on any atom is 0.248 e. The Labute approximate surface area is 234 Å². The van der Waals surface area contributed by atoms with Gasteiger partial charge < -0.3 is 24.4 Å². The van der Waals surface area contributed by atoms with Gasteiger partial charge in [-0.05, 0) is 42.0 Å². The Morgan fingerprint density at radius 1 is 0.923 bits per heavy atom. The molecule has 198 valence electrons. The molecule has 0 aliphatic carbocycles. The number of hydrogen-bond acceptors (Lipinski definition) is 6. The summed E-state index contributed by atoms with van der Waals surface area (Å²) < 4.78 is 1.85. The van der Waals surface area contributed by atoms with E-state index in [4.69, 9.17) is 33.3 Å². The summed E-state index contributed by atoms with van der Waals surface area (Å²) in [4.78, 5) is 25.2. The molecule has 3 aromatic heterocycles. The summed E-state index contributed by atoms with van der Waals surface area (Å²) in [5, 5.41) is 21.1. The highest BCUT2D eigenvalue weighted by molar-refractivity contribution is 6.39. The third-order valence-electron chi connectivity index (χ3n) is 7.23. The number of aromatic nitrogens is 3. The number of nitrogens with zero attached hydrogens (tertiary/aromatic N) is 5. The largest absolute Gasteiger partial charge is 0.390 e. The third kappa shape index (κ3) is 4.59. The molecular formula is C29H25Cl2N5O3. The second-order valence-corrected chi connectivity index (χ2v) is 10.2.